The minimum Gasteiger partial charge on any atom is -0.480 e. The van der Waals surface area contributed by atoms with Crippen LogP contribution in [0, 0.1) is 5.41 Å². The van der Waals surface area contributed by atoms with Crippen molar-refractivity contribution >= 4 is 15.8 Å². The molecule has 2 aliphatic rings. The molecule has 0 amide bonds. The molecule has 2 fully saturated rings. The van der Waals surface area contributed by atoms with Crippen molar-refractivity contribution in [3.8, 4) is 0 Å². The summed E-state index contributed by atoms with van der Waals surface area (Å²) in [7, 11) is -3.45. The van der Waals surface area contributed by atoms with Gasteiger partial charge in [0.05, 0.1) is 0 Å². The highest BCUT2D eigenvalue weighted by atomic mass is 32.2. The fraction of sp³-hybridized carbons (Fsp3) is 0.889. The van der Waals surface area contributed by atoms with Crippen LogP contribution in [0.3, 0.4) is 0 Å². The Balaban J connectivity index is 2.30. The molecular formula is C9H14O4S. The van der Waals surface area contributed by atoms with Crippen LogP contribution in [-0.4, -0.2) is 30.0 Å². The Morgan fingerprint density at radius 1 is 1.36 bits per heavy atom. The second-order valence-corrected chi connectivity index (χ2v) is 7.14. The molecule has 0 atom stereocenters. The SMILES string of the molecule is CCS(=O)(=O)C1(C(=O)O)CC2(CC2)C1. The maximum Gasteiger partial charge on any atom is 0.325 e. The van der Waals surface area contributed by atoms with E-state index in [4.69, 9.17) is 5.11 Å². The van der Waals surface area contributed by atoms with Crippen LogP contribution < -0.4 is 0 Å². The van der Waals surface area contributed by atoms with Crippen molar-refractivity contribution in [2.75, 3.05) is 5.75 Å². The van der Waals surface area contributed by atoms with Gasteiger partial charge in [-0.05, 0) is 31.1 Å². The van der Waals surface area contributed by atoms with Gasteiger partial charge in [0, 0.05) is 5.75 Å². The number of hydrogen-bond donors (Lipinski definition) is 1. The zero-order valence-corrected chi connectivity index (χ0v) is 8.93. The summed E-state index contributed by atoms with van der Waals surface area (Å²) in [4.78, 5) is 11.0. The van der Waals surface area contributed by atoms with E-state index >= 15 is 0 Å². The van der Waals surface area contributed by atoms with E-state index in [1.807, 2.05) is 0 Å². The van der Waals surface area contributed by atoms with E-state index in [2.05, 4.69) is 0 Å². The minimum absolute atomic E-state index is 0.0740. The van der Waals surface area contributed by atoms with Gasteiger partial charge in [-0.2, -0.15) is 0 Å². The molecular weight excluding hydrogens is 204 g/mol. The monoisotopic (exact) mass is 218 g/mol. The fourth-order valence-electron chi connectivity index (χ4n) is 2.47. The van der Waals surface area contributed by atoms with E-state index < -0.39 is 20.6 Å². The zero-order valence-electron chi connectivity index (χ0n) is 8.12. The van der Waals surface area contributed by atoms with Crippen LogP contribution in [0.15, 0.2) is 0 Å². The Hall–Kier alpha value is -0.580. The van der Waals surface area contributed by atoms with E-state index in [1.54, 1.807) is 0 Å². The molecule has 5 heteroatoms. The molecule has 1 N–H and O–H groups in total. The second kappa shape index (κ2) is 2.51. The van der Waals surface area contributed by atoms with Crippen LogP contribution in [0.25, 0.3) is 0 Å². The van der Waals surface area contributed by atoms with Crippen molar-refractivity contribution in [2.24, 2.45) is 5.41 Å². The number of hydrogen-bond acceptors (Lipinski definition) is 3. The van der Waals surface area contributed by atoms with Gasteiger partial charge >= 0.3 is 5.97 Å². The van der Waals surface area contributed by atoms with Crippen molar-refractivity contribution in [1.29, 1.82) is 0 Å². The van der Waals surface area contributed by atoms with Crippen LogP contribution in [0.4, 0.5) is 0 Å². The van der Waals surface area contributed by atoms with Crippen molar-refractivity contribution in [2.45, 2.75) is 37.4 Å². The third kappa shape index (κ3) is 1.05. The Kier molecular flexibility index (Phi) is 1.78. The molecule has 0 aliphatic heterocycles. The highest BCUT2D eigenvalue weighted by Crippen LogP contribution is 2.67. The Labute approximate surface area is 83.2 Å². The van der Waals surface area contributed by atoms with Crippen molar-refractivity contribution in [1.82, 2.24) is 0 Å². The molecule has 0 unspecified atom stereocenters. The van der Waals surface area contributed by atoms with E-state index in [0.29, 0.717) is 12.8 Å². The Bertz CT molecular complexity index is 370. The third-order valence-electron chi connectivity index (χ3n) is 3.64. The van der Waals surface area contributed by atoms with E-state index in [9.17, 15) is 13.2 Å². The number of carboxylic acids is 1. The van der Waals surface area contributed by atoms with Gasteiger partial charge in [-0.15, -0.1) is 0 Å². The first kappa shape index (κ1) is 9.96. The molecule has 0 heterocycles. The molecule has 2 rings (SSSR count). The standard InChI is InChI=1S/C9H14O4S/c1-2-14(12,13)9(7(10)11)5-8(6-9)3-4-8/h2-6H2,1H3,(H,10,11). The fourth-order valence-corrected chi connectivity index (χ4v) is 4.34. The van der Waals surface area contributed by atoms with Crippen LogP contribution in [0.5, 0.6) is 0 Å². The topological polar surface area (TPSA) is 71.4 Å². The lowest BCUT2D eigenvalue weighted by Gasteiger charge is -2.44. The summed E-state index contributed by atoms with van der Waals surface area (Å²) in [6.45, 7) is 1.51. The summed E-state index contributed by atoms with van der Waals surface area (Å²) in [5.41, 5.74) is 0.0840. The molecule has 2 aliphatic carbocycles. The molecule has 1 spiro atoms. The summed E-state index contributed by atoms with van der Waals surface area (Å²) in [5.74, 6) is -1.23. The zero-order chi connectivity index (χ0) is 10.6. The van der Waals surface area contributed by atoms with Gasteiger partial charge in [-0.1, -0.05) is 6.92 Å². The van der Waals surface area contributed by atoms with Gasteiger partial charge in [-0.3, -0.25) is 4.79 Å². The highest BCUT2D eigenvalue weighted by molar-refractivity contribution is 7.93. The smallest absolute Gasteiger partial charge is 0.325 e. The normalized spacial score (nSPS) is 26.9. The number of rotatable bonds is 3. The maximum atomic E-state index is 11.7. The number of aliphatic carboxylic acids is 1. The van der Waals surface area contributed by atoms with Crippen molar-refractivity contribution < 1.29 is 18.3 Å². The molecule has 0 radical (unpaired) electrons. The first-order chi connectivity index (χ1) is 6.38. The summed E-state index contributed by atoms with van der Waals surface area (Å²) in [5, 5.41) is 9.03. The lowest BCUT2D eigenvalue weighted by atomic mass is 9.71. The summed E-state index contributed by atoms with van der Waals surface area (Å²) >= 11 is 0. The third-order valence-corrected chi connectivity index (χ3v) is 6.06. The molecule has 0 saturated heterocycles. The molecule has 4 nitrogen and oxygen atoms in total. The van der Waals surface area contributed by atoms with Gasteiger partial charge in [-0.25, -0.2) is 8.42 Å². The predicted octanol–water partition coefficient (Wildman–Crippen LogP) is 0.818. The van der Waals surface area contributed by atoms with Gasteiger partial charge in [0.15, 0.2) is 14.6 Å². The lowest BCUT2D eigenvalue weighted by molar-refractivity contribution is -0.144. The Morgan fingerprint density at radius 3 is 2.14 bits per heavy atom. The van der Waals surface area contributed by atoms with Gasteiger partial charge in [0.2, 0.25) is 0 Å². The van der Waals surface area contributed by atoms with Gasteiger partial charge in [0.25, 0.3) is 0 Å². The molecule has 0 bridgehead atoms. The van der Waals surface area contributed by atoms with Crippen molar-refractivity contribution in [3.63, 3.8) is 0 Å². The van der Waals surface area contributed by atoms with Crippen molar-refractivity contribution in [3.05, 3.63) is 0 Å². The molecule has 0 aromatic carbocycles. The van der Waals surface area contributed by atoms with Crippen LogP contribution in [0.1, 0.15) is 32.6 Å². The summed E-state index contributed by atoms with van der Waals surface area (Å²) < 4.78 is 21.9. The van der Waals surface area contributed by atoms with Crippen LogP contribution in [0.2, 0.25) is 0 Å². The number of sulfone groups is 1. The van der Waals surface area contributed by atoms with E-state index in [-0.39, 0.29) is 11.2 Å². The maximum absolute atomic E-state index is 11.7. The number of carboxylic acid groups (broad SMARTS) is 1. The second-order valence-electron chi connectivity index (χ2n) is 4.56. The van der Waals surface area contributed by atoms with Crippen LogP contribution in [-0.2, 0) is 14.6 Å². The molecule has 80 valence electrons. The average Bonchev–Trinajstić information content (AvgIpc) is 2.79. The largest absolute Gasteiger partial charge is 0.480 e. The molecule has 0 aromatic rings. The summed E-state index contributed by atoms with van der Waals surface area (Å²) in [6.07, 6.45) is 2.68. The average molecular weight is 218 g/mol. The highest BCUT2D eigenvalue weighted by Gasteiger charge is 2.69. The first-order valence-corrected chi connectivity index (χ1v) is 6.48. The van der Waals surface area contributed by atoms with Gasteiger partial charge in [0.1, 0.15) is 0 Å². The molecule has 14 heavy (non-hydrogen) atoms. The van der Waals surface area contributed by atoms with E-state index in [1.165, 1.54) is 6.92 Å². The Morgan fingerprint density at radius 2 is 1.86 bits per heavy atom. The summed E-state index contributed by atoms with van der Waals surface area (Å²) in [6, 6.07) is 0. The van der Waals surface area contributed by atoms with E-state index in [0.717, 1.165) is 12.8 Å². The van der Waals surface area contributed by atoms with Gasteiger partial charge < -0.3 is 5.11 Å². The number of carbonyl (C=O) groups is 1. The lowest BCUT2D eigenvalue weighted by Crippen LogP contribution is -2.57. The first-order valence-electron chi connectivity index (χ1n) is 4.83. The molecule has 2 saturated carbocycles. The minimum atomic E-state index is -3.45. The van der Waals surface area contributed by atoms with Crippen LogP contribution >= 0.6 is 0 Å². The molecule has 0 aromatic heterocycles. The quantitative estimate of drug-likeness (QED) is 0.761. The predicted molar refractivity (Wildman–Crippen MR) is 50.7 cm³/mol.